The number of nitrogens with zero attached hydrogens (tertiary/aromatic N) is 1. The molecule has 0 atom stereocenters. The summed E-state index contributed by atoms with van der Waals surface area (Å²) in [5.41, 5.74) is 1.87. The van der Waals surface area contributed by atoms with Crippen molar-refractivity contribution in [2.75, 3.05) is 0 Å². The van der Waals surface area contributed by atoms with Crippen LogP contribution in [0.2, 0.25) is 0 Å². The Morgan fingerprint density at radius 3 is 3.23 bits per heavy atom. The van der Waals surface area contributed by atoms with Crippen molar-refractivity contribution < 1.29 is 4.42 Å². The van der Waals surface area contributed by atoms with Crippen molar-refractivity contribution >= 4 is 17.0 Å². The van der Waals surface area contributed by atoms with E-state index in [1.54, 1.807) is 12.5 Å². The predicted molar refractivity (Wildman–Crippen MR) is 53.3 cm³/mol. The molecule has 0 saturated heterocycles. The van der Waals surface area contributed by atoms with Gasteiger partial charge in [-0.3, -0.25) is 4.98 Å². The van der Waals surface area contributed by atoms with E-state index < -0.39 is 0 Å². The third-order valence-electron chi connectivity index (χ3n) is 1.92. The standard InChI is InChI=1S/C11H11NO/c1-2-3-4-10-9-6-8-13-11(9)5-7-12-10/h3-8H,2H2,1H3. The molecule has 2 heteroatoms. The Kier molecular flexibility index (Phi) is 2.13. The Bertz CT molecular complexity index is 428. The Morgan fingerprint density at radius 2 is 2.38 bits per heavy atom. The molecule has 2 nitrogen and oxygen atoms in total. The van der Waals surface area contributed by atoms with E-state index in [0.717, 1.165) is 23.1 Å². The topological polar surface area (TPSA) is 26.0 Å². The quantitative estimate of drug-likeness (QED) is 0.696. The molecule has 0 aliphatic rings. The van der Waals surface area contributed by atoms with E-state index >= 15 is 0 Å². The fourth-order valence-electron chi connectivity index (χ4n) is 1.28. The second-order valence-electron chi connectivity index (χ2n) is 2.84. The molecule has 0 amide bonds. The van der Waals surface area contributed by atoms with Crippen molar-refractivity contribution in [2.24, 2.45) is 0 Å². The molecule has 66 valence electrons. The van der Waals surface area contributed by atoms with Crippen LogP contribution in [0.5, 0.6) is 0 Å². The molecular weight excluding hydrogens is 162 g/mol. The minimum Gasteiger partial charge on any atom is -0.464 e. The lowest BCUT2D eigenvalue weighted by Gasteiger charge is -1.93. The molecule has 0 aromatic carbocycles. The van der Waals surface area contributed by atoms with Crippen LogP contribution >= 0.6 is 0 Å². The second kappa shape index (κ2) is 3.44. The SMILES string of the molecule is CCC=Cc1nccc2occc12. The van der Waals surface area contributed by atoms with Crippen molar-refractivity contribution in [3.63, 3.8) is 0 Å². The van der Waals surface area contributed by atoms with E-state index in [-0.39, 0.29) is 0 Å². The Labute approximate surface area is 76.9 Å². The second-order valence-corrected chi connectivity index (χ2v) is 2.84. The Hall–Kier alpha value is -1.57. The highest BCUT2D eigenvalue weighted by molar-refractivity contribution is 5.84. The van der Waals surface area contributed by atoms with Gasteiger partial charge in [-0.15, -0.1) is 0 Å². The molecule has 2 aromatic heterocycles. The number of hydrogen-bond acceptors (Lipinski definition) is 2. The molecule has 2 heterocycles. The molecule has 0 saturated carbocycles. The van der Waals surface area contributed by atoms with Crippen LogP contribution in [-0.2, 0) is 0 Å². The van der Waals surface area contributed by atoms with E-state index in [0.29, 0.717) is 0 Å². The normalized spacial score (nSPS) is 11.5. The summed E-state index contributed by atoms with van der Waals surface area (Å²) in [4.78, 5) is 4.27. The highest BCUT2D eigenvalue weighted by Gasteiger charge is 2.00. The van der Waals surface area contributed by atoms with E-state index in [2.05, 4.69) is 18.0 Å². The molecule has 0 spiro atoms. The lowest BCUT2D eigenvalue weighted by Crippen LogP contribution is -1.79. The molecule has 0 fully saturated rings. The molecule has 0 N–H and O–H groups in total. The van der Waals surface area contributed by atoms with E-state index in [1.807, 2.05) is 18.2 Å². The lowest BCUT2D eigenvalue weighted by molar-refractivity contribution is 0.615. The van der Waals surface area contributed by atoms with Gasteiger partial charge in [-0.25, -0.2) is 0 Å². The summed E-state index contributed by atoms with van der Waals surface area (Å²) in [5.74, 6) is 0. The number of allylic oxidation sites excluding steroid dienone is 1. The summed E-state index contributed by atoms with van der Waals surface area (Å²) in [5, 5.41) is 1.08. The van der Waals surface area contributed by atoms with Gasteiger partial charge in [-0.1, -0.05) is 13.0 Å². The summed E-state index contributed by atoms with van der Waals surface area (Å²) in [6, 6.07) is 3.82. The Balaban J connectivity index is 2.54. The largest absolute Gasteiger partial charge is 0.464 e. The average molecular weight is 173 g/mol. The highest BCUT2D eigenvalue weighted by Crippen LogP contribution is 2.18. The first-order valence-electron chi connectivity index (χ1n) is 4.40. The van der Waals surface area contributed by atoms with Crippen molar-refractivity contribution in [2.45, 2.75) is 13.3 Å². The fourth-order valence-corrected chi connectivity index (χ4v) is 1.28. The minimum atomic E-state index is 0.894. The number of pyridine rings is 1. The molecule has 0 bridgehead atoms. The summed E-state index contributed by atoms with van der Waals surface area (Å²) in [7, 11) is 0. The van der Waals surface area contributed by atoms with Crippen LogP contribution in [0.15, 0.2) is 35.1 Å². The maximum absolute atomic E-state index is 5.26. The zero-order valence-corrected chi connectivity index (χ0v) is 7.53. The van der Waals surface area contributed by atoms with Gasteiger partial charge >= 0.3 is 0 Å². The van der Waals surface area contributed by atoms with E-state index in [1.165, 1.54) is 0 Å². The maximum Gasteiger partial charge on any atom is 0.137 e. The third kappa shape index (κ3) is 1.47. The van der Waals surface area contributed by atoms with Crippen molar-refractivity contribution in [1.82, 2.24) is 4.98 Å². The first kappa shape index (κ1) is 8.05. The first-order chi connectivity index (χ1) is 6.42. The number of rotatable bonds is 2. The Morgan fingerprint density at radius 1 is 1.46 bits per heavy atom. The summed E-state index contributed by atoms with van der Waals surface area (Å²) >= 11 is 0. The minimum absolute atomic E-state index is 0.894. The van der Waals surface area contributed by atoms with Gasteiger partial charge in [-0.05, 0) is 24.6 Å². The van der Waals surface area contributed by atoms with E-state index in [4.69, 9.17) is 4.42 Å². The summed E-state index contributed by atoms with van der Waals surface area (Å²) in [6.45, 7) is 2.10. The van der Waals surface area contributed by atoms with Gasteiger partial charge in [-0.2, -0.15) is 0 Å². The number of fused-ring (bicyclic) bond motifs is 1. The van der Waals surface area contributed by atoms with E-state index in [9.17, 15) is 0 Å². The van der Waals surface area contributed by atoms with Crippen LogP contribution in [0.25, 0.3) is 17.0 Å². The molecule has 0 unspecified atom stereocenters. The first-order valence-corrected chi connectivity index (χ1v) is 4.40. The van der Waals surface area contributed by atoms with Gasteiger partial charge in [0.05, 0.1) is 12.0 Å². The predicted octanol–water partition coefficient (Wildman–Crippen LogP) is 3.25. The van der Waals surface area contributed by atoms with Crippen LogP contribution in [0.3, 0.4) is 0 Å². The number of hydrogen-bond donors (Lipinski definition) is 0. The summed E-state index contributed by atoms with van der Waals surface area (Å²) < 4.78 is 5.26. The fraction of sp³-hybridized carbons (Fsp3) is 0.182. The zero-order valence-electron chi connectivity index (χ0n) is 7.53. The highest BCUT2D eigenvalue weighted by atomic mass is 16.3. The van der Waals surface area contributed by atoms with Crippen molar-refractivity contribution in [3.8, 4) is 0 Å². The van der Waals surface area contributed by atoms with Crippen LogP contribution in [0.1, 0.15) is 19.0 Å². The molecule has 0 aliphatic carbocycles. The lowest BCUT2D eigenvalue weighted by atomic mass is 10.2. The van der Waals surface area contributed by atoms with Gasteiger partial charge in [0, 0.05) is 11.6 Å². The third-order valence-corrected chi connectivity index (χ3v) is 1.92. The molecule has 0 aliphatic heterocycles. The van der Waals surface area contributed by atoms with Gasteiger partial charge in [0.15, 0.2) is 0 Å². The van der Waals surface area contributed by atoms with Gasteiger partial charge in [0.2, 0.25) is 0 Å². The number of aromatic nitrogens is 1. The smallest absolute Gasteiger partial charge is 0.137 e. The monoisotopic (exact) mass is 173 g/mol. The molecular formula is C11H11NO. The molecule has 2 rings (SSSR count). The van der Waals surface area contributed by atoms with Crippen LogP contribution in [-0.4, -0.2) is 4.98 Å². The van der Waals surface area contributed by atoms with Crippen LogP contribution in [0, 0.1) is 0 Å². The molecule has 2 aromatic rings. The average Bonchev–Trinajstić information content (AvgIpc) is 2.62. The van der Waals surface area contributed by atoms with Crippen molar-refractivity contribution in [3.05, 3.63) is 36.4 Å². The van der Waals surface area contributed by atoms with Gasteiger partial charge in [0.1, 0.15) is 5.58 Å². The zero-order chi connectivity index (χ0) is 9.10. The van der Waals surface area contributed by atoms with Crippen molar-refractivity contribution in [1.29, 1.82) is 0 Å². The molecule has 0 radical (unpaired) electrons. The van der Waals surface area contributed by atoms with Gasteiger partial charge < -0.3 is 4.42 Å². The maximum atomic E-state index is 5.26. The molecule has 13 heavy (non-hydrogen) atoms. The van der Waals surface area contributed by atoms with Crippen LogP contribution in [0.4, 0.5) is 0 Å². The summed E-state index contributed by atoms with van der Waals surface area (Å²) in [6.07, 6.45) is 8.60. The number of furan rings is 1. The van der Waals surface area contributed by atoms with Gasteiger partial charge in [0.25, 0.3) is 0 Å². The van der Waals surface area contributed by atoms with Crippen LogP contribution < -0.4 is 0 Å².